The van der Waals surface area contributed by atoms with E-state index >= 15 is 0 Å². The molecule has 1 aliphatic heterocycles. The van der Waals surface area contributed by atoms with E-state index in [0.717, 1.165) is 22.4 Å². The topological polar surface area (TPSA) is 105 Å². The van der Waals surface area contributed by atoms with E-state index in [2.05, 4.69) is 25.1 Å². The molecule has 0 spiro atoms. The minimum Gasteiger partial charge on any atom is -0.496 e. The molecular formula is C26H28N6O3. The van der Waals surface area contributed by atoms with E-state index in [-0.39, 0.29) is 17.7 Å². The maximum Gasteiger partial charge on any atom is 0.271 e. The van der Waals surface area contributed by atoms with Crippen molar-refractivity contribution in [3.63, 3.8) is 0 Å². The van der Waals surface area contributed by atoms with Crippen LogP contribution < -0.4 is 10.1 Å². The molecule has 4 aromatic rings. The van der Waals surface area contributed by atoms with Crippen LogP contribution in [-0.4, -0.2) is 63.2 Å². The number of H-pyrrole nitrogens is 1. The monoisotopic (exact) mass is 472 g/mol. The quantitative estimate of drug-likeness (QED) is 0.430. The number of benzene rings is 2. The number of methoxy groups -OCH3 is 1. The van der Waals surface area contributed by atoms with Crippen molar-refractivity contribution in [3.05, 3.63) is 66.1 Å². The summed E-state index contributed by atoms with van der Waals surface area (Å²) in [6.07, 6.45) is 1.28. The molecule has 0 radical (unpaired) electrons. The lowest BCUT2D eigenvalue weighted by Gasteiger charge is -2.15. The molecule has 180 valence electrons. The van der Waals surface area contributed by atoms with E-state index in [4.69, 9.17) is 4.74 Å². The van der Waals surface area contributed by atoms with Crippen LogP contribution in [0.25, 0.3) is 22.3 Å². The van der Waals surface area contributed by atoms with Crippen molar-refractivity contribution < 1.29 is 14.3 Å². The number of carbonyl (C=O) groups excluding carboxylic acids is 2. The summed E-state index contributed by atoms with van der Waals surface area (Å²) in [6.45, 7) is 1.42. The van der Waals surface area contributed by atoms with E-state index < -0.39 is 0 Å². The molecule has 1 atom stereocenters. The van der Waals surface area contributed by atoms with Crippen LogP contribution in [0.3, 0.4) is 0 Å². The molecule has 9 nitrogen and oxygen atoms in total. The molecule has 1 unspecified atom stereocenters. The fraction of sp³-hybridized carbons (Fsp3) is 0.308. The number of hydrogen-bond donors (Lipinski definition) is 2. The third kappa shape index (κ3) is 4.49. The molecule has 1 saturated heterocycles. The van der Waals surface area contributed by atoms with Crippen LogP contribution in [0.1, 0.15) is 22.7 Å². The van der Waals surface area contributed by atoms with Gasteiger partial charge in [-0.05, 0) is 36.8 Å². The number of rotatable bonds is 7. The van der Waals surface area contributed by atoms with Gasteiger partial charge in [0.15, 0.2) is 0 Å². The van der Waals surface area contributed by atoms with Crippen molar-refractivity contribution in [2.75, 3.05) is 26.7 Å². The summed E-state index contributed by atoms with van der Waals surface area (Å²) >= 11 is 0. The van der Waals surface area contributed by atoms with E-state index in [0.29, 0.717) is 49.6 Å². The number of nitrogens with one attached hydrogen (secondary N) is 2. The first-order valence-electron chi connectivity index (χ1n) is 11.7. The molecule has 0 aliphatic carbocycles. The van der Waals surface area contributed by atoms with Gasteiger partial charge in [0, 0.05) is 38.7 Å². The number of fused-ring (bicyclic) bond motifs is 1. The molecule has 2 aromatic heterocycles. The summed E-state index contributed by atoms with van der Waals surface area (Å²) in [5.74, 6) is 1.21. The van der Waals surface area contributed by atoms with Crippen molar-refractivity contribution in [3.8, 4) is 17.0 Å². The van der Waals surface area contributed by atoms with Gasteiger partial charge in [-0.3, -0.25) is 14.7 Å². The zero-order chi connectivity index (χ0) is 24.4. The van der Waals surface area contributed by atoms with Crippen LogP contribution in [0, 0.1) is 5.92 Å². The maximum atomic E-state index is 13.0. The molecular weight excluding hydrogens is 444 g/mol. The lowest BCUT2D eigenvalue weighted by molar-refractivity contribution is -0.124. The molecule has 1 aliphatic rings. The number of amides is 2. The number of aromatic nitrogens is 4. The first-order valence-corrected chi connectivity index (χ1v) is 11.7. The Morgan fingerprint density at radius 1 is 1.17 bits per heavy atom. The summed E-state index contributed by atoms with van der Waals surface area (Å²) < 4.78 is 7.45. The van der Waals surface area contributed by atoms with Gasteiger partial charge in [0.05, 0.1) is 29.8 Å². The van der Waals surface area contributed by atoms with Crippen molar-refractivity contribution in [2.45, 2.75) is 12.8 Å². The Hall–Kier alpha value is -4.14. The highest BCUT2D eigenvalue weighted by Crippen LogP contribution is 2.29. The van der Waals surface area contributed by atoms with E-state index in [1.165, 1.54) is 0 Å². The number of likely N-dealkylation sites (tertiary alicyclic amines) is 1. The van der Waals surface area contributed by atoms with E-state index in [1.807, 2.05) is 55.6 Å². The average Bonchev–Trinajstić information content (AvgIpc) is 3.64. The first kappa shape index (κ1) is 22.6. The lowest BCUT2D eigenvalue weighted by Crippen LogP contribution is -2.35. The molecule has 9 heteroatoms. The molecule has 3 heterocycles. The number of aryl methyl sites for hydroxylation is 1. The second-order valence-electron chi connectivity index (χ2n) is 8.72. The summed E-state index contributed by atoms with van der Waals surface area (Å²) in [4.78, 5) is 32.1. The second kappa shape index (κ2) is 9.61. The second-order valence-corrected chi connectivity index (χ2v) is 8.72. The Bertz CT molecular complexity index is 1370. The number of para-hydroxylation sites is 3. The van der Waals surface area contributed by atoms with Crippen molar-refractivity contribution in [2.24, 2.45) is 13.0 Å². The zero-order valence-electron chi connectivity index (χ0n) is 19.8. The Morgan fingerprint density at radius 2 is 1.97 bits per heavy atom. The standard InChI is InChI=1S/C26H28N6O3/c1-31-22-9-5-4-8-19(22)28-24(31)11-13-27-25(33)17-12-14-32(16-17)26(34)21-15-20(29-30-21)18-7-3-6-10-23(18)35-2/h3-10,15,17H,11-14,16H2,1-2H3,(H,27,33)(H,29,30). The van der Waals surface area contributed by atoms with Crippen LogP contribution in [0.15, 0.2) is 54.6 Å². The number of nitrogens with zero attached hydrogens (tertiary/aromatic N) is 4. The average molecular weight is 473 g/mol. The van der Waals surface area contributed by atoms with Gasteiger partial charge in [0.25, 0.3) is 5.91 Å². The van der Waals surface area contributed by atoms with Gasteiger partial charge in [-0.1, -0.05) is 24.3 Å². The van der Waals surface area contributed by atoms with E-state index in [1.54, 1.807) is 18.1 Å². The van der Waals surface area contributed by atoms with Gasteiger partial charge in [-0.25, -0.2) is 4.98 Å². The fourth-order valence-electron chi connectivity index (χ4n) is 4.62. The number of ether oxygens (including phenoxy) is 1. The van der Waals surface area contributed by atoms with Crippen molar-refractivity contribution in [1.29, 1.82) is 0 Å². The number of hydrogen-bond acceptors (Lipinski definition) is 5. The first-order chi connectivity index (χ1) is 17.0. The van der Waals surface area contributed by atoms with Gasteiger partial charge in [0.2, 0.25) is 5.91 Å². The Kier molecular flexibility index (Phi) is 6.22. The van der Waals surface area contributed by atoms with Crippen molar-refractivity contribution in [1.82, 2.24) is 30.0 Å². The van der Waals surface area contributed by atoms with Crippen LogP contribution in [0.2, 0.25) is 0 Å². The fourth-order valence-corrected chi connectivity index (χ4v) is 4.62. The van der Waals surface area contributed by atoms with Gasteiger partial charge in [-0.15, -0.1) is 0 Å². The summed E-state index contributed by atoms with van der Waals surface area (Å²) in [5.41, 5.74) is 3.88. The molecule has 5 rings (SSSR count). The smallest absolute Gasteiger partial charge is 0.271 e. The highest BCUT2D eigenvalue weighted by Gasteiger charge is 2.32. The molecule has 0 saturated carbocycles. The third-order valence-electron chi connectivity index (χ3n) is 6.57. The van der Waals surface area contributed by atoms with E-state index in [9.17, 15) is 9.59 Å². The summed E-state index contributed by atoms with van der Waals surface area (Å²) in [7, 11) is 3.59. The molecule has 0 bridgehead atoms. The number of carbonyl (C=O) groups is 2. The molecule has 35 heavy (non-hydrogen) atoms. The summed E-state index contributed by atoms with van der Waals surface area (Å²) in [5, 5.41) is 10.2. The molecule has 2 aromatic carbocycles. The number of imidazole rings is 1. The van der Waals surface area contributed by atoms with Crippen LogP contribution in [0.5, 0.6) is 5.75 Å². The van der Waals surface area contributed by atoms with Crippen LogP contribution in [0.4, 0.5) is 0 Å². The normalized spacial score (nSPS) is 15.5. The Labute approximate surface area is 203 Å². The van der Waals surface area contributed by atoms with Gasteiger partial charge >= 0.3 is 0 Å². The van der Waals surface area contributed by atoms with Gasteiger partial charge in [-0.2, -0.15) is 5.10 Å². The zero-order valence-corrected chi connectivity index (χ0v) is 19.8. The molecule has 2 N–H and O–H groups in total. The SMILES string of the molecule is COc1ccccc1-c1cc(C(=O)N2CCC(C(=O)NCCc3nc4ccccc4n3C)C2)[nH]n1. The highest BCUT2D eigenvalue weighted by atomic mass is 16.5. The number of aromatic amines is 1. The summed E-state index contributed by atoms with van der Waals surface area (Å²) in [6, 6.07) is 17.2. The minimum absolute atomic E-state index is 0.0293. The molecule has 2 amide bonds. The predicted molar refractivity (Wildman–Crippen MR) is 132 cm³/mol. The van der Waals surface area contributed by atoms with Crippen molar-refractivity contribution >= 4 is 22.8 Å². The van der Waals surface area contributed by atoms with Gasteiger partial charge < -0.3 is 19.5 Å². The van der Waals surface area contributed by atoms with Gasteiger partial charge in [0.1, 0.15) is 17.3 Å². The predicted octanol–water partition coefficient (Wildman–Crippen LogP) is 2.79. The third-order valence-corrected chi connectivity index (χ3v) is 6.57. The Balaban J connectivity index is 1.16. The highest BCUT2D eigenvalue weighted by molar-refractivity contribution is 5.94. The molecule has 1 fully saturated rings. The lowest BCUT2D eigenvalue weighted by atomic mass is 10.1. The van der Waals surface area contributed by atoms with Crippen LogP contribution in [-0.2, 0) is 18.3 Å². The maximum absolute atomic E-state index is 13.0. The van der Waals surface area contributed by atoms with Crippen LogP contribution >= 0.6 is 0 Å². The largest absolute Gasteiger partial charge is 0.496 e. The Morgan fingerprint density at radius 3 is 2.80 bits per heavy atom. The minimum atomic E-state index is -0.226.